The van der Waals surface area contributed by atoms with Crippen molar-refractivity contribution >= 4 is 5.69 Å². The Kier molecular flexibility index (Phi) is 4.62. The number of aromatic hydroxyl groups is 1. The molecule has 0 aliphatic rings. The average Bonchev–Trinajstić information content (AvgIpc) is 2.28. The van der Waals surface area contributed by atoms with Gasteiger partial charge < -0.3 is 15.3 Å². The number of hydrogen-bond donors (Lipinski definition) is 2. The molecule has 1 aromatic carbocycles. The molecule has 3 heteroatoms. The van der Waals surface area contributed by atoms with Crippen LogP contribution in [-0.2, 0) is 0 Å². The number of benzene rings is 1. The van der Waals surface area contributed by atoms with E-state index >= 15 is 0 Å². The van der Waals surface area contributed by atoms with Gasteiger partial charge in [0.25, 0.3) is 0 Å². The van der Waals surface area contributed by atoms with E-state index in [0.29, 0.717) is 5.75 Å². The zero-order valence-corrected chi connectivity index (χ0v) is 10.6. The van der Waals surface area contributed by atoms with Crippen molar-refractivity contribution in [2.45, 2.75) is 26.8 Å². The van der Waals surface area contributed by atoms with Gasteiger partial charge in [0.1, 0.15) is 5.75 Å². The van der Waals surface area contributed by atoms with Gasteiger partial charge >= 0.3 is 0 Å². The van der Waals surface area contributed by atoms with Crippen molar-refractivity contribution in [3.8, 4) is 5.75 Å². The van der Waals surface area contributed by atoms with Crippen LogP contribution in [0.25, 0.3) is 0 Å². The fraction of sp³-hybridized carbons (Fsp3) is 0.538. The summed E-state index contributed by atoms with van der Waals surface area (Å²) in [6, 6.07) is 6.05. The summed E-state index contributed by atoms with van der Waals surface area (Å²) in [5.41, 5.74) is 2.00. The van der Waals surface area contributed by atoms with Crippen molar-refractivity contribution in [1.29, 1.82) is 0 Å². The van der Waals surface area contributed by atoms with Crippen LogP contribution in [0, 0.1) is 0 Å². The van der Waals surface area contributed by atoms with E-state index in [1.807, 2.05) is 25.2 Å². The Morgan fingerprint density at radius 2 is 2.06 bits per heavy atom. The van der Waals surface area contributed by atoms with Crippen molar-refractivity contribution in [2.75, 3.05) is 25.0 Å². The smallest absolute Gasteiger partial charge is 0.122 e. The van der Waals surface area contributed by atoms with Crippen LogP contribution >= 0.6 is 0 Å². The fourth-order valence-corrected chi connectivity index (χ4v) is 1.73. The second kappa shape index (κ2) is 5.75. The van der Waals surface area contributed by atoms with E-state index in [0.717, 1.165) is 24.3 Å². The average molecular weight is 222 g/mol. The molecule has 1 unspecified atom stereocenters. The molecule has 2 N–H and O–H groups in total. The van der Waals surface area contributed by atoms with Crippen molar-refractivity contribution in [2.24, 2.45) is 0 Å². The van der Waals surface area contributed by atoms with Gasteiger partial charge in [-0.15, -0.1) is 0 Å². The van der Waals surface area contributed by atoms with Crippen molar-refractivity contribution in [1.82, 2.24) is 5.32 Å². The number of nitrogens with zero attached hydrogens (tertiary/aromatic N) is 1. The van der Waals surface area contributed by atoms with Crippen molar-refractivity contribution in [3.05, 3.63) is 23.8 Å². The molecule has 0 saturated heterocycles. The highest BCUT2D eigenvalue weighted by molar-refractivity contribution is 5.53. The zero-order chi connectivity index (χ0) is 12.1. The highest BCUT2D eigenvalue weighted by Crippen LogP contribution is 2.28. The van der Waals surface area contributed by atoms with Crippen LogP contribution in [0.4, 0.5) is 5.69 Å². The fourth-order valence-electron chi connectivity index (χ4n) is 1.73. The number of rotatable bonds is 5. The minimum Gasteiger partial charge on any atom is -0.508 e. The molecule has 0 aliphatic heterocycles. The molecule has 3 nitrogen and oxygen atoms in total. The molecule has 0 radical (unpaired) electrons. The lowest BCUT2D eigenvalue weighted by Crippen LogP contribution is -2.19. The number of nitrogens with one attached hydrogen (secondary N) is 1. The Balaban J connectivity index is 2.91. The second-order valence-electron chi connectivity index (χ2n) is 4.04. The predicted molar refractivity (Wildman–Crippen MR) is 69.1 cm³/mol. The number of hydrogen-bond acceptors (Lipinski definition) is 3. The molecular weight excluding hydrogens is 200 g/mol. The van der Waals surface area contributed by atoms with Crippen LogP contribution < -0.4 is 10.2 Å². The normalized spacial score (nSPS) is 12.5. The minimum atomic E-state index is 0.186. The number of phenols is 1. The Morgan fingerprint density at radius 3 is 2.56 bits per heavy atom. The van der Waals surface area contributed by atoms with Crippen LogP contribution in [0.2, 0.25) is 0 Å². The van der Waals surface area contributed by atoms with Crippen molar-refractivity contribution < 1.29 is 5.11 Å². The van der Waals surface area contributed by atoms with Gasteiger partial charge in [-0.2, -0.15) is 0 Å². The zero-order valence-electron chi connectivity index (χ0n) is 10.6. The van der Waals surface area contributed by atoms with E-state index < -0.39 is 0 Å². The minimum absolute atomic E-state index is 0.186. The number of anilines is 1. The molecular formula is C13H22N2O. The molecule has 1 rings (SSSR count). The molecule has 1 aromatic rings. The van der Waals surface area contributed by atoms with Crippen molar-refractivity contribution in [3.63, 3.8) is 0 Å². The molecule has 0 spiro atoms. The highest BCUT2D eigenvalue weighted by atomic mass is 16.3. The molecule has 0 aromatic heterocycles. The van der Waals surface area contributed by atoms with E-state index in [2.05, 4.69) is 31.0 Å². The standard InChI is InChI=1S/C13H22N2O/c1-5-14-10(3)12-8-7-11(9-13(12)16)15(4)6-2/h7-10,14,16H,5-6H2,1-4H3. The summed E-state index contributed by atoms with van der Waals surface area (Å²) >= 11 is 0. The molecule has 0 saturated carbocycles. The quantitative estimate of drug-likeness (QED) is 0.803. The first-order valence-corrected chi connectivity index (χ1v) is 5.87. The van der Waals surface area contributed by atoms with E-state index in [1.54, 1.807) is 0 Å². The van der Waals surface area contributed by atoms with Gasteiger partial charge in [0.15, 0.2) is 0 Å². The molecule has 0 heterocycles. The number of phenolic OH excluding ortho intramolecular Hbond substituents is 1. The monoisotopic (exact) mass is 222 g/mol. The topological polar surface area (TPSA) is 35.5 Å². The van der Waals surface area contributed by atoms with E-state index in [9.17, 15) is 5.11 Å². The molecule has 16 heavy (non-hydrogen) atoms. The molecule has 0 aliphatic carbocycles. The summed E-state index contributed by atoms with van der Waals surface area (Å²) in [6.07, 6.45) is 0. The van der Waals surface area contributed by atoms with Crippen LogP contribution in [-0.4, -0.2) is 25.2 Å². The summed E-state index contributed by atoms with van der Waals surface area (Å²) in [6.45, 7) is 8.04. The van der Waals surface area contributed by atoms with Crippen LogP contribution in [0.3, 0.4) is 0 Å². The van der Waals surface area contributed by atoms with Gasteiger partial charge in [0.05, 0.1) is 0 Å². The summed E-state index contributed by atoms with van der Waals surface area (Å²) in [5.74, 6) is 0.367. The first-order chi connectivity index (χ1) is 7.60. The third-order valence-electron chi connectivity index (χ3n) is 2.91. The Labute approximate surface area is 98.1 Å². The van der Waals surface area contributed by atoms with Gasteiger partial charge in [-0.1, -0.05) is 13.0 Å². The van der Waals surface area contributed by atoms with Gasteiger partial charge in [-0.05, 0) is 26.5 Å². The lowest BCUT2D eigenvalue weighted by atomic mass is 10.1. The summed E-state index contributed by atoms with van der Waals surface area (Å²) in [5, 5.41) is 13.3. The van der Waals surface area contributed by atoms with Crippen LogP contribution in [0.1, 0.15) is 32.4 Å². The van der Waals surface area contributed by atoms with Gasteiger partial charge in [-0.3, -0.25) is 0 Å². The summed E-state index contributed by atoms with van der Waals surface area (Å²) in [7, 11) is 2.02. The molecule has 1 atom stereocenters. The SMILES string of the molecule is CCNC(C)c1ccc(N(C)CC)cc1O. The van der Waals surface area contributed by atoms with E-state index in [1.165, 1.54) is 0 Å². The van der Waals surface area contributed by atoms with Gasteiger partial charge in [-0.25, -0.2) is 0 Å². The third-order valence-corrected chi connectivity index (χ3v) is 2.91. The molecule has 0 bridgehead atoms. The Hall–Kier alpha value is -1.22. The largest absolute Gasteiger partial charge is 0.508 e. The summed E-state index contributed by atoms with van der Waals surface area (Å²) in [4.78, 5) is 2.10. The summed E-state index contributed by atoms with van der Waals surface area (Å²) < 4.78 is 0. The van der Waals surface area contributed by atoms with E-state index in [4.69, 9.17) is 0 Å². The van der Waals surface area contributed by atoms with Crippen LogP contribution in [0.5, 0.6) is 5.75 Å². The molecule has 0 amide bonds. The highest BCUT2D eigenvalue weighted by Gasteiger charge is 2.10. The Bertz CT molecular complexity index is 339. The predicted octanol–water partition coefficient (Wildman–Crippen LogP) is 2.52. The molecule has 0 fully saturated rings. The lowest BCUT2D eigenvalue weighted by Gasteiger charge is -2.20. The van der Waals surface area contributed by atoms with E-state index in [-0.39, 0.29) is 6.04 Å². The lowest BCUT2D eigenvalue weighted by molar-refractivity contribution is 0.454. The maximum absolute atomic E-state index is 9.97. The maximum atomic E-state index is 9.97. The maximum Gasteiger partial charge on any atom is 0.122 e. The van der Waals surface area contributed by atoms with Gasteiger partial charge in [0.2, 0.25) is 0 Å². The third kappa shape index (κ3) is 2.89. The Morgan fingerprint density at radius 1 is 1.38 bits per heavy atom. The first kappa shape index (κ1) is 12.8. The van der Waals surface area contributed by atoms with Crippen LogP contribution in [0.15, 0.2) is 18.2 Å². The first-order valence-electron chi connectivity index (χ1n) is 5.87. The second-order valence-corrected chi connectivity index (χ2v) is 4.04. The van der Waals surface area contributed by atoms with Gasteiger partial charge in [0, 0.05) is 37.0 Å². The molecule has 90 valence electrons.